The molecule has 3 aromatic carbocycles. The van der Waals surface area contributed by atoms with E-state index in [2.05, 4.69) is 15.6 Å². The monoisotopic (exact) mass is 571 g/mol. The highest BCUT2D eigenvalue weighted by Crippen LogP contribution is 2.15. The highest BCUT2D eigenvalue weighted by molar-refractivity contribution is 5.94. The summed E-state index contributed by atoms with van der Waals surface area (Å²) in [5.74, 6) is -4.15. The van der Waals surface area contributed by atoms with Gasteiger partial charge in [0, 0.05) is 12.8 Å². The van der Waals surface area contributed by atoms with Crippen LogP contribution in [0.3, 0.4) is 0 Å². The van der Waals surface area contributed by atoms with Gasteiger partial charge in [-0.25, -0.2) is 14.2 Å². The third-order valence-corrected chi connectivity index (χ3v) is 6.66. The summed E-state index contributed by atoms with van der Waals surface area (Å²) in [6, 6.07) is 19.1. The molecule has 0 aliphatic rings. The standard InChI is InChI=1S/C30H29N5O7/c31-25(36)17-22(26(37)33-23(29(40)41)15-18-9-3-1-4-10-18)32-27(38)24(16-19-11-5-2-6-12-19)35-28(39)20-13-7-8-14-21(20)34-30(35)42/h1-14,22-24H,15-17H2,(H2,31,36)(H,32,38)(H,33,37)(H,34,42)(H,40,41). The zero-order valence-electron chi connectivity index (χ0n) is 22.4. The third kappa shape index (κ3) is 7.16. The van der Waals surface area contributed by atoms with Crippen LogP contribution in [0.15, 0.2) is 94.5 Å². The fourth-order valence-electron chi connectivity index (χ4n) is 4.60. The summed E-state index contributed by atoms with van der Waals surface area (Å²) >= 11 is 0. The second-order valence-electron chi connectivity index (χ2n) is 9.68. The molecule has 12 heteroatoms. The molecule has 0 fully saturated rings. The average molecular weight is 572 g/mol. The number of nitrogens with two attached hydrogens (primary N) is 1. The van der Waals surface area contributed by atoms with E-state index in [0.29, 0.717) is 11.1 Å². The van der Waals surface area contributed by atoms with Gasteiger partial charge in [-0.05, 0) is 23.3 Å². The molecule has 0 aliphatic carbocycles. The predicted molar refractivity (Wildman–Crippen MR) is 153 cm³/mol. The SMILES string of the molecule is NC(=O)CC(NC(=O)C(Cc1ccccc1)n1c(=O)[nH]c2ccccc2c1=O)C(=O)NC(Cc1ccccc1)C(=O)O. The number of H-pyrrole nitrogens is 1. The molecule has 1 heterocycles. The van der Waals surface area contributed by atoms with Gasteiger partial charge in [-0.3, -0.25) is 19.2 Å². The Morgan fingerprint density at radius 1 is 0.762 bits per heavy atom. The number of amides is 3. The number of benzene rings is 3. The number of nitrogens with one attached hydrogen (secondary N) is 3. The Hall–Kier alpha value is -5.52. The molecule has 12 nitrogen and oxygen atoms in total. The van der Waals surface area contributed by atoms with E-state index < -0.39 is 59.5 Å². The Morgan fingerprint density at radius 2 is 1.31 bits per heavy atom. The number of nitrogens with zero attached hydrogens (tertiary/aromatic N) is 1. The van der Waals surface area contributed by atoms with Crippen molar-refractivity contribution in [2.45, 2.75) is 37.4 Å². The molecule has 1 aromatic heterocycles. The van der Waals surface area contributed by atoms with Crippen molar-refractivity contribution >= 4 is 34.6 Å². The quantitative estimate of drug-likeness (QED) is 0.165. The third-order valence-electron chi connectivity index (χ3n) is 6.66. The Labute approximate surface area is 239 Å². The van der Waals surface area contributed by atoms with Crippen molar-refractivity contribution in [3.05, 3.63) is 117 Å². The summed E-state index contributed by atoms with van der Waals surface area (Å²) in [5, 5.41) is 14.6. The molecule has 0 aliphatic heterocycles. The van der Waals surface area contributed by atoms with Crippen LogP contribution in [0, 0.1) is 0 Å². The van der Waals surface area contributed by atoms with E-state index >= 15 is 0 Å². The van der Waals surface area contributed by atoms with Gasteiger partial charge in [0.05, 0.1) is 17.3 Å². The summed E-state index contributed by atoms with van der Waals surface area (Å²) in [6.45, 7) is 0. The van der Waals surface area contributed by atoms with Crippen molar-refractivity contribution in [1.29, 1.82) is 0 Å². The second-order valence-corrected chi connectivity index (χ2v) is 9.68. The maximum absolute atomic E-state index is 13.7. The number of primary amides is 1. The number of carbonyl (C=O) groups excluding carboxylic acids is 3. The number of rotatable bonds is 12. The molecule has 0 bridgehead atoms. The molecule has 0 radical (unpaired) electrons. The Bertz CT molecular complexity index is 1720. The van der Waals surface area contributed by atoms with Crippen LogP contribution in [0.1, 0.15) is 23.6 Å². The lowest BCUT2D eigenvalue weighted by Gasteiger charge is -2.24. The van der Waals surface area contributed by atoms with Gasteiger partial charge in [-0.1, -0.05) is 72.8 Å². The van der Waals surface area contributed by atoms with Gasteiger partial charge in [0.15, 0.2) is 0 Å². The van der Waals surface area contributed by atoms with E-state index in [1.54, 1.807) is 78.9 Å². The maximum Gasteiger partial charge on any atom is 0.329 e. The molecule has 3 unspecified atom stereocenters. The molecule has 42 heavy (non-hydrogen) atoms. The molecular weight excluding hydrogens is 542 g/mol. The van der Waals surface area contributed by atoms with Gasteiger partial charge >= 0.3 is 11.7 Å². The first kappa shape index (κ1) is 29.5. The largest absolute Gasteiger partial charge is 0.480 e. The lowest BCUT2D eigenvalue weighted by Crippen LogP contribution is -2.55. The first-order chi connectivity index (χ1) is 20.1. The number of carbonyl (C=O) groups is 4. The minimum atomic E-state index is -1.58. The van der Waals surface area contributed by atoms with Gasteiger partial charge in [-0.2, -0.15) is 0 Å². The van der Waals surface area contributed by atoms with Crippen molar-refractivity contribution in [2.75, 3.05) is 0 Å². The summed E-state index contributed by atoms with van der Waals surface area (Å²) in [4.78, 5) is 79.8. The lowest BCUT2D eigenvalue weighted by atomic mass is 10.0. The Kier molecular flexibility index (Phi) is 9.28. The van der Waals surface area contributed by atoms with Crippen molar-refractivity contribution in [2.24, 2.45) is 5.73 Å². The van der Waals surface area contributed by atoms with E-state index in [1.165, 1.54) is 6.07 Å². The number of aliphatic carboxylic acids is 1. The van der Waals surface area contributed by atoms with Crippen LogP contribution in [0.4, 0.5) is 0 Å². The summed E-state index contributed by atoms with van der Waals surface area (Å²) in [7, 11) is 0. The van der Waals surface area contributed by atoms with Crippen LogP contribution in [0.5, 0.6) is 0 Å². The van der Waals surface area contributed by atoms with Gasteiger partial charge in [0.2, 0.25) is 17.7 Å². The van der Waals surface area contributed by atoms with Crippen LogP contribution in [0.2, 0.25) is 0 Å². The van der Waals surface area contributed by atoms with Crippen molar-refractivity contribution in [1.82, 2.24) is 20.2 Å². The van der Waals surface area contributed by atoms with E-state index in [0.717, 1.165) is 4.57 Å². The highest BCUT2D eigenvalue weighted by atomic mass is 16.4. The zero-order chi connectivity index (χ0) is 30.2. The molecule has 216 valence electrons. The lowest BCUT2D eigenvalue weighted by molar-refractivity contribution is -0.142. The van der Waals surface area contributed by atoms with Crippen LogP contribution in [-0.4, -0.2) is 50.4 Å². The van der Waals surface area contributed by atoms with Crippen molar-refractivity contribution in [3.63, 3.8) is 0 Å². The van der Waals surface area contributed by atoms with Gasteiger partial charge in [-0.15, -0.1) is 0 Å². The molecule has 4 aromatic rings. The summed E-state index contributed by atoms with van der Waals surface area (Å²) < 4.78 is 0.763. The molecule has 3 amide bonds. The molecule has 0 spiro atoms. The number of carboxylic acid groups (broad SMARTS) is 1. The number of fused-ring (bicyclic) bond motifs is 1. The van der Waals surface area contributed by atoms with Crippen LogP contribution >= 0.6 is 0 Å². The smallest absolute Gasteiger partial charge is 0.329 e. The van der Waals surface area contributed by atoms with Gasteiger partial charge < -0.3 is 26.5 Å². The average Bonchev–Trinajstić information content (AvgIpc) is 2.96. The number of aromatic nitrogens is 2. The molecular formula is C30H29N5O7. The Balaban J connectivity index is 1.66. The second kappa shape index (κ2) is 13.2. The van der Waals surface area contributed by atoms with Gasteiger partial charge in [0.1, 0.15) is 18.1 Å². The molecule has 3 atom stereocenters. The van der Waals surface area contributed by atoms with E-state index in [-0.39, 0.29) is 23.7 Å². The van der Waals surface area contributed by atoms with E-state index in [9.17, 15) is 33.9 Å². The molecule has 0 saturated heterocycles. The van der Waals surface area contributed by atoms with Crippen molar-refractivity contribution in [3.8, 4) is 0 Å². The minimum absolute atomic E-state index is 0.0579. The molecule has 4 rings (SSSR count). The van der Waals surface area contributed by atoms with E-state index in [1.807, 2.05) is 0 Å². The van der Waals surface area contributed by atoms with Gasteiger partial charge in [0.25, 0.3) is 5.56 Å². The fraction of sp³-hybridized carbons (Fsp3) is 0.200. The summed E-state index contributed by atoms with van der Waals surface area (Å²) in [6.07, 6.45) is -0.821. The Morgan fingerprint density at radius 3 is 1.90 bits per heavy atom. The predicted octanol–water partition coefficient (Wildman–Crippen LogP) is 0.646. The van der Waals surface area contributed by atoms with Crippen LogP contribution in [-0.2, 0) is 32.0 Å². The molecule has 6 N–H and O–H groups in total. The number of para-hydroxylation sites is 1. The number of carboxylic acids is 1. The minimum Gasteiger partial charge on any atom is -0.480 e. The zero-order valence-corrected chi connectivity index (χ0v) is 22.4. The normalized spacial score (nSPS) is 13.0. The number of hydrogen-bond acceptors (Lipinski definition) is 6. The molecule has 0 saturated carbocycles. The van der Waals surface area contributed by atoms with E-state index in [4.69, 9.17) is 5.73 Å². The maximum atomic E-state index is 13.7. The highest BCUT2D eigenvalue weighted by Gasteiger charge is 2.32. The first-order valence-electron chi connectivity index (χ1n) is 13.1. The number of hydrogen-bond donors (Lipinski definition) is 5. The first-order valence-corrected chi connectivity index (χ1v) is 13.1. The fourth-order valence-corrected chi connectivity index (χ4v) is 4.60. The van der Waals surface area contributed by atoms with Crippen molar-refractivity contribution < 1.29 is 24.3 Å². The van der Waals surface area contributed by atoms with Crippen LogP contribution < -0.4 is 27.6 Å². The van der Waals surface area contributed by atoms with Crippen LogP contribution in [0.25, 0.3) is 10.9 Å². The topological polar surface area (TPSA) is 193 Å². The summed E-state index contributed by atoms with van der Waals surface area (Å²) in [5.41, 5.74) is 5.31. The number of aromatic amines is 1.